The first-order valence-electron chi connectivity index (χ1n) is 6.34. The fraction of sp³-hybridized carbons (Fsp3) is 0.500. The molecule has 0 bridgehead atoms. The second kappa shape index (κ2) is 7.13. The first-order chi connectivity index (χ1) is 8.57. The Kier molecular flexibility index (Phi) is 6.11. The molecule has 19 heavy (non-hydrogen) atoms. The molecule has 0 aromatic heterocycles. The third-order valence-corrected chi connectivity index (χ3v) is 3.64. The molecule has 1 aromatic rings. The van der Waals surface area contributed by atoms with Crippen LogP contribution < -0.4 is 10.6 Å². The van der Waals surface area contributed by atoms with Gasteiger partial charge in [-0.2, -0.15) is 0 Å². The summed E-state index contributed by atoms with van der Waals surface area (Å²) in [7, 11) is 0. The minimum atomic E-state index is -0.0685. The molecular formula is C14H20Cl2N2O. The molecule has 1 fully saturated rings. The normalized spacial score (nSPS) is 17.4. The SMILES string of the molecule is CC1(NC(=O)Cc2cccc(Cl)c2)CCNCC1.Cl. The Labute approximate surface area is 125 Å². The Morgan fingerprint density at radius 3 is 2.74 bits per heavy atom. The first-order valence-corrected chi connectivity index (χ1v) is 6.71. The van der Waals surface area contributed by atoms with Gasteiger partial charge in [0.25, 0.3) is 0 Å². The summed E-state index contributed by atoms with van der Waals surface area (Å²) < 4.78 is 0. The van der Waals surface area contributed by atoms with E-state index in [-0.39, 0.29) is 23.9 Å². The van der Waals surface area contributed by atoms with Crippen LogP contribution in [0, 0.1) is 0 Å². The molecule has 0 atom stereocenters. The van der Waals surface area contributed by atoms with E-state index in [9.17, 15) is 4.79 Å². The zero-order chi connectivity index (χ0) is 13.0. The summed E-state index contributed by atoms with van der Waals surface area (Å²) in [4.78, 5) is 12.0. The lowest BCUT2D eigenvalue weighted by Crippen LogP contribution is -2.52. The lowest BCUT2D eigenvalue weighted by atomic mass is 9.90. The molecule has 0 radical (unpaired) electrons. The predicted molar refractivity (Wildman–Crippen MR) is 81.1 cm³/mol. The van der Waals surface area contributed by atoms with Crippen LogP contribution >= 0.6 is 24.0 Å². The number of halogens is 2. The van der Waals surface area contributed by atoms with Gasteiger partial charge in [0, 0.05) is 10.6 Å². The van der Waals surface area contributed by atoms with Crippen LogP contribution in [0.15, 0.2) is 24.3 Å². The van der Waals surface area contributed by atoms with Crippen molar-refractivity contribution in [1.29, 1.82) is 0 Å². The maximum Gasteiger partial charge on any atom is 0.224 e. The van der Waals surface area contributed by atoms with Crippen LogP contribution in [0.1, 0.15) is 25.3 Å². The zero-order valence-corrected chi connectivity index (χ0v) is 12.6. The summed E-state index contributed by atoms with van der Waals surface area (Å²) >= 11 is 5.91. The van der Waals surface area contributed by atoms with Crippen molar-refractivity contribution in [1.82, 2.24) is 10.6 Å². The molecule has 0 saturated carbocycles. The van der Waals surface area contributed by atoms with Gasteiger partial charge in [-0.25, -0.2) is 0 Å². The molecular weight excluding hydrogens is 283 g/mol. The largest absolute Gasteiger partial charge is 0.351 e. The van der Waals surface area contributed by atoms with E-state index in [1.54, 1.807) is 0 Å². The lowest BCUT2D eigenvalue weighted by molar-refractivity contribution is -0.122. The molecule has 2 N–H and O–H groups in total. The number of nitrogens with one attached hydrogen (secondary N) is 2. The average molecular weight is 303 g/mol. The summed E-state index contributed by atoms with van der Waals surface area (Å²) in [5.74, 6) is 0.0710. The number of carbonyl (C=O) groups is 1. The second-order valence-electron chi connectivity index (χ2n) is 5.17. The highest BCUT2D eigenvalue weighted by Gasteiger charge is 2.27. The highest BCUT2D eigenvalue weighted by atomic mass is 35.5. The van der Waals surface area contributed by atoms with E-state index in [1.807, 2.05) is 24.3 Å². The predicted octanol–water partition coefficient (Wildman–Crippen LogP) is 2.56. The third kappa shape index (κ3) is 5.01. The number of carbonyl (C=O) groups excluding carboxylic acids is 1. The Balaban J connectivity index is 0.00000180. The summed E-state index contributed by atoms with van der Waals surface area (Å²) in [5.41, 5.74) is 0.888. The number of piperidine rings is 1. The monoisotopic (exact) mass is 302 g/mol. The Morgan fingerprint density at radius 2 is 2.11 bits per heavy atom. The molecule has 1 aliphatic rings. The van der Waals surface area contributed by atoms with Crippen LogP contribution in [0.25, 0.3) is 0 Å². The van der Waals surface area contributed by atoms with Gasteiger partial charge in [-0.15, -0.1) is 12.4 Å². The topological polar surface area (TPSA) is 41.1 Å². The molecule has 1 aromatic carbocycles. The second-order valence-corrected chi connectivity index (χ2v) is 5.60. The first kappa shape index (κ1) is 16.3. The van der Waals surface area contributed by atoms with Crippen molar-refractivity contribution in [2.24, 2.45) is 0 Å². The van der Waals surface area contributed by atoms with Crippen molar-refractivity contribution >= 4 is 29.9 Å². The number of hydrogen-bond donors (Lipinski definition) is 2. The van der Waals surface area contributed by atoms with Gasteiger partial charge in [-0.3, -0.25) is 4.79 Å². The van der Waals surface area contributed by atoms with Gasteiger partial charge in [-0.1, -0.05) is 23.7 Å². The number of benzene rings is 1. The van der Waals surface area contributed by atoms with Crippen molar-refractivity contribution in [2.45, 2.75) is 31.7 Å². The average Bonchev–Trinajstić information content (AvgIpc) is 2.28. The maximum atomic E-state index is 12.0. The highest BCUT2D eigenvalue weighted by Crippen LogP contribution is 2.17. The Morgan fingerprint density at radius 1 is 1.42 bits per heavy atom. The van der Waals surface area contributed by atoms with Crippen molar-refractivity contribution < 1.29 is 4.79 Å². The number of amides is 1. The van der Waals surface area contributed by atoms with Gasteiger partial charge < -0.3 is 10.6 Å². The van der Waals surface area contributed by atoms with Gasteiger partial charge in [-0.05, 0) is 50.6 Å². The summed E-state index contributed by atoms with van der Waals surface area (Å²) in [6, 6.07) is 7.45. The van der Waals surface area contributed by atoms with E-state index in [0.717, 1.165) is 31.5 Å². The Bertz CT molecular complexity index is 431. The van der Waals surface area contributed by atoms with E-state index in [2.05, 4.69) is 17.6 Å². The fourth-order valence-electron chi connectivity index (χ4n) is 2.32. The van der Waals surface area contributed by atoms with Gasteiger partial charge in [0.15, 0.2) is 0 Å². The summed E-state index contributed by atoms with van der Waals surface area (Å²) in [6.45, 7) is 4.05. The van der Waals surface area contributed by atoms with E-state index in [0.29, 0.717) is 11.4 Å². The van der Waals surface area contributed by atoms with Crippen molar-refractivity contribution in [2.75, 3.05) is 13.1 Å². The quantitative estimate of drug-likeness (QED) is 0.901. The smallest absolute Gasteiger partial charge is 0.224 e. The Hall–Kier alpha value is -0.770. The molecule has 0 spiro atoms. The molecule has 0 unspecified atom stereocenters. The molecule has 3 nitrogen and oxygen atoms in total. The van der Waals surface area contributed by atoms with Crippen LogP contribution in [0.3, 0.4) is 0 Å². The molecule has 1 heterocycles. The summed E-state index contributed by atoms with van der Waals surface area (Å²) in [6.07, 6.45) is 2.35. The van der Waals surface area contributed by atoms with Gasteiger partial charge >= 0.3 is 0 Å². The molecule has 2 rings (SSSR count). The molecule has 5 heteroatoms. The fourth-order valence-corrected chi connectivity index (χ4v) is 2.53. The van der Waals surface area contributed by atoms with E-state index in [1.165, 1.54) is 0 Å². The van der Waals surface area contributed by atoms with Crippen LogP contribution in [0.4, 0.5) is 0 Å². The molecule has 1 saturated heterocycles. The summed E-state index contributed by atoms with van der Waals surface area (Å²) in [5, 5.41) is 7.12. The lowest BCUT2D eigenvalue weighted by Gasteiger charge is -2.35. The minimum Gasteiger partial charge on any atom is -0.351 e. The van der Waals surface area contributed by atoms with Gasteiger partial charge in [0.05, 0.1) is 6.42 Å². The maximum absolute atomic E-state index is 12.0. The van der Waals surface area contributed by atoms with Gasteiger partial charge in [0.2, 0.25) is 5.91 Å². The van der Waals surface area contributed by atoms with Crippen LogP contribution in [-0.4, -0.2) is 24.5 Å². The standard InChI is InChI=1S/C14H19ClN2O.ClH/c1-14(5-7-16-8-6-14)17-13(18)10-11-3-2-4-12(15)9-11;/h2-4,9,16H,5-8,10H2,1H3,(H,17,18);1H. The van der Waals surface area contributed by atoms with Crippen molar-refractivity contribution in [3.63, 3.8) is 0 Å². The van der Waals surface area contributed by atoms with Crippen LogP contribution in [-0.2, 0) is 11.2 Å². The molecule has 0 aliphatic carbocycles. The van der Waals surface area contributed by atoms with E-state index >= 15 is 0 Å². The zero-order valence-electron chi connectivity index (χ0n) is 11.0. The van der Waals surface area contributed by atoms with Crippen molar-refractivity contribution in [3.8, 4) is 0 Å². The molecule has 1 amide bonds. The minimum absolute atomic E-state index is 0. The molecule has 106 valence electrons. The van der Waals surface area contributed by atoms with E-state index in [4.69, 9.17) is 11.6 Å². The van der Waals surface area contributed by atoms with Gasteiger partial charge in [0.1, 0.15) is 0 Å². The number of hydrogen-bond acceptors (Lipinski definition) is 2. The van der Waals surface area contributed by atoms with Crippen LogP contribution in [0.2, 0.25) is 5.02 Å². The van der Waals surface area contributed by atoms with Crippen LogP contribution in [0.5, 0.6) is 0 Å². The molecule has 1 aliphatic heterocycles. The number of rotatable bonds is 3. The van der Waals surface area contributed by atoms with E-state index < -0.39 is 0 Å². The highest BCUT2D eigenvalue weighted by molar-refractivity contribution is 6.30. The third-order valence-electron chi connectivity index (χ3n) is 3.40. The van der Waals surface area contributed by atoms with Crippen molar-refractivity contribution in [3.05, 3.63) is 34.9 Å².